The number of rotatable bonds is 9. The molecule has 1 amide bonds. The Hall–Kier alpha value is -2.65. The molecule has 2 fully saturated rings. The minimum atomic E-state index is -3.34. The predicted molar refractivity (Wildman–Crippen MR) is 162 cm³/mol. The van der Waals surface area contributed by atoms with Crippen molar-refractivity contribution in [1.82, 2.24) is 14.2 Å². The van der Waals surface area contributed by atoms with Crippen LogP contribution in [0, 0.1) is 5.92 Å². The molecule has 0 radical (unpaired) electrons. The van der Waals surface area contributed by atoms with Crippen molar-refractivity contribution in [2.45, 2.75) is 50.6 Å². The van der Waals surface area contributed by atoms with Crippen molar-refractivity contribution < 1.29 is 17.9 Å². The first-order valence-corrected chi connectivity index (χ1v) is 16.4. The van der Waals surface area contributed by atoms with Gasteiger partial charge in [0.05, 0.1) is 18.9 Å². The van der Waals surface area contributed by atoms with Crippen LogP contribution in [0.2, 0.25) is 10.0 Å². The van der Waals surface area contributed by atoms with Gasteiger partial charge in [-0.3, -0.25) is 4.79 Å². The molecule has 7 nitrogen and oxygen atoms in total. The Morgan fingerprint density at radius 1 is 1.02 bits per heavy atom. The molecule has 0 N–H and O–H groups in total. The molecule has 5 rings (SSSR count). The molecule has 1 aromatic heterocycles. The Morgan fingerprint density at radius 2 is 1.78 bits per heavy atom. The summed E-state index contributed by atoms with van der Waals surface area (Å²) in [5, 5.41) is 1.24. The monoisotopic (exact) mass is 615 g/mol. The van der Waals surface area contributed by atoms with Crippen LogP contribution in [0.15, 0.2) is 66.7 Å². The van der Waals surface area contributed by atoms with Gasteiger partial charge >= 0.3 is 0 Å². The average Bonchev–Trinajstić information content (AvgIpc) is 3.30. The summed E-state index contributed by atoms with van der Waals surface area (Å²) in [6.45, 7) is 2.75. The predicted octanol–water partition coefficient (Wildman–Crippen LogP) is 6.13. The highest BCUT2D eigenvalue weighted by molar-refractivity contribution is 7.89. The van der Waals surface area contributed by atoms with E-state index in [0.29, 0.717) is 48.2 Å². The Kier molecular flexibility index (Phi) is 9.24. The lowest BCUT2D eigenvalue weighted by Crippen LogP contribution is -2.55. The summed E-state index contributed by atoms with van der Waals surface area (Å²) in [4.78, 5) is 21.1. The van der Waals surface area contributed by atoms with Crippen molar-refractivity contribution in [2.24, 2.45) is 5.92 Å². The average molecular weight is 617 g/mol. The van der Waals surface area contributed by atoms with Crippen molar-refractivity contribution in [3.8, 4) is 5.88 Å². The number of hydrogen-bond acceptors (Lipinski definition) is 5. The topological polar surface area (TPSA) is 79.8 Å². The highest BCUT2D eigenvalue weighted by atomic mass is 35.5. The molecule has 2 saturated heterocycles. The molecule has 0 aliphatic carbocycles. The van der Waals surface area contributed by atoms with E-state index in [4.69, 9.17) is 27.9 Å². The number of hydrogen-bond donors (Lipinski definition) is 0. The van der Waals surface area contributed by atoms with Crippen LogP contribution in [0.4, 0.5) is 0 Å². The molecule has 0 saturated carbocycles. The lowest BCUT2D eigenvalue weighted by atomic mass is 9.74. The number of likely N-dealkylation sites (tertiary alicyclic amines) is 1. The van der Waals surface area contributed by atoms with Crippen LogP contribution >= 0.6 is 23.2 Å². The van der Waals surface area contributed by atoms with Crippen LogP contribution in [0.25, 0.3) is 0 Å². The van der Waals surface area contributed by atoms with Crippen molar-refractivity contribution >= 4 is 39.1 Å². The fraction of sp³-hybridized carbons (Fsp3) is 0.419. The molecule has 4 atom stereocenters. The Morgan fingerprint density at radius 3 is 2.44 bits per heavy atom. The number of amides is 1. The number of piperidine rings is 1. The van der Waals surface area contributed by atoms with Gasteiger partial charge in [-0.25, -0.2) is 13.4 Å². The van der Waals surface area contributed by atoms with Gasteiger partial charge in [-0.2, -0.15) is 4.31 Å². The molecule has 10 heteroatoms. The van der Waals surface area contributed by atoms with E-state index >= 15 is 0 Å². The first-order chi connectivity index (χ1) is 19.7. The molecule has 0 bridgehead atoms. The minimum absolute atomic E-state index is 0.00343. The summed E-state index contributed by atoms with van der Waals surface area (Å²) in [6.07, 6.45) is 2.23. The van der Waals surface area contributed by atoms with Crippen LogP contribution in [-0.2, 0) is 21.2 Å². The largest absolute Gasteiger partial charge is 0.481 e. The number of nitrogens with zero attached hydrogens (tertiary/aromatic N) is 3. The lowest BCUT2D eigenvalue weighted by Gasteiger charge is -2.49. The Balaban J connectivity index is 1.61. The van der Waals surface area contributed by atoms with Crippen LogP contribution in [0.3, 0.4) is 0 Å². The second kappa shape index (κ2) is 12.7. The van der Waals surface area contributed by atoms with Crippen LogP contribution in [0.1, 0.15) is 55.0 Å². The molecule has 2 aliphatic rings. The van der Waals surface area contributed by atoms with E-state index in [2.05, 4.69) is 11.1 Å². The van der Waals surface area contributed by atoms with Gasteiger partial charge in [0.15, 0.2) is 0 Å². The van der Waals surface area contributed by atoms with Gasteiger partial charge in [-0.15, -0.1) is 0 Å². The van der Waals surface area contributed by atoms with Crippen LogP contribution < -0.4 is 4.74 Å². The fourth-order valence-electron chi connectivity index (χ4n) is 6.25. The molecule has 3 heterocycles. The first kappa shape index (κ1) is 29.8. The van der Waals surface area contributed by atoms with Crippen LogP contribution in [-0.4, -0.2) is 60.5 Å². The van der Waals surface area contributed by atoms with E-state index < -0.39 is 10.0 Å². The van der Waals surface area contributed by atoms with Crippen molar-refractivity contribution in [3.63, 3.8) is 0 Å². The van der Waals surface area contributed by atoms with E-state index in [1.807, 2.05) is 66.4 Å². The quantitative estimate of drug-likeness (QED) is 0.289. The molecule has 2 aliphatic heterocycles. The fourth-order valence-corrected chi connectivity index (χ4v) is 8.13. The molecule has 41 heavy (non-hydrogen) atoms. The smallest absolute Gasteiger partial charge is 0.226 e. The highest BCUT2D eigenvalue weighted by Crippen LogP contribution is 2.47. The van der Waals surface area contributed by atoms with Crippen LogP contribution in [0.5, 0.6) is 5.88 Å². The molecule has 0 spiro atoms. The van der Waals surface area contributed by atoms with E-state index in [-0.39, 0.29) is 42.1 Å². The second-order valence-corrected chi connectivity index (χ2v) is 13.8. The van der Waals surface area contributed by atoms with Gasteiger partial charge in [0.2, 0.25) is 21.8 Å². The molecule has 2 unspecified atom stereocenters. The maximum Gasteiger partial charge on any atom is 0.226 e. The number of benzene rings is 2. The third kappa shape index (κ3) is 6.56. The van der Waals surface area contributed by atoms with Gasteiger partial charge < -0.3 is 9.64 Å². The number of methoxy groups -OCH3 is 1. The summed E-state index contributed by atoms with van der Waals surface area (Å²) in [7, 11) is -1.77. The van der Waals surface area contributed by atoms with Gasteiger partial charge in [-0.1, -0.05) is 60.5 Å². The third-order valence-corrected chi connectivity index (χ3v) is 10.6. The summed E-state index contributed by atoms with van der Waals surface area (Å²) in [6, 6.07) is 20.3. The number of ether oxygens (including phenoxy) is 1. The molecular formula is C31H35Cl2N3O4S. The zero-order valence-corrected chi connectivity index (χ0v) is 25.6. The maximum absolute atomic E-state index is 14.6. The van der Waals surface area contributed by atoms with E-state index in [9.17, 15) is 13.2 Å². The maximum atomic E-state index is 14.6. The number of sulfonamides is 1. The van der Waals surface area contributed by atoms with Gasteiger partial charge in [0.1, 0.15) is 0 Å². The normalized spacial score (nSPS) is 23.5. The number of carbonyl (C=O) groups excluding carboxylic acids is 1. The van der Waals surface area contributed by atoms with Crippen molar-refractivity contribution in [3.05, 3.63) is 93.6 Å². The van der Waals surface area contributed by atoms with Crippen molar-refractivity contribution in [2.75, 3.05) is 26.0 Å². The summed E-state index contributed by atoms with van der Waals surface area (Å²) in [5.41, 5.74) is 2.75. The lowest BCUT2D eigenvalue weighted by molar-refractivity contribution is -0.147. The van der Waals surface area contributed by atoms with Gasteiger partial charge in [0.25, 0.3) is 0 Å². The summed E-state index contributed by atoms with van der Waals surface area (Å²) >= 11 is 12.8. The second-order valence-electron chi connectivity index (χ2n) is 10.8. The van der Waals surface area contributed by atoms with E-state index in [1.54, 1.807) is 17.5 Å². The highest BCUT2D eigenvalue weighted by Gasteiger charge is 2.46. The number of carbonyl (C=O) groups is 1. The zero-order chi connectivity index (χ0) is 29.1. The Bertz CT molecular complexity index is 1480. The molecule has 218 valence electrons. The molecule has 3 aromatic rings. The van der Waals surface area contributed by atoms with Gasteiger partial charge in [-0.05, 0) is 60.7 Å². The summed E-state index contributed by atoms with van der Waals surface area (Å²) in [5.74, 6) is 0.182. The van der Waals surface area contributed by atoms with Crippen molar-refractivity contribution in [1.29, 1.82) is 0 Å². The standard InChI is InChI=1S/C31H35Cl2N3O4S/c1-3-27(20-35-15-6-16-41(35,38)39)36-30(21-11-13-24(32)14-12-21)28(22-7-4-8-25(33)17-22)19-23(31(36)37)18-26-9-5-10-29(34-26)40-2/h4-5,7-14,17,23,27-28,30H,3,6,15-16,18-20H2,1-2H3/t23-,27?,28?,30-/m1/s1. The third-order valence-electron chi connectivity index (χ3n) is 8.24. The number of aromatic nitrogens is 1. The number of halogens is 2. The van der Waals surface area contributed by atoms with Gasteiger partial charge in [0, 0.05) is 59.2 Å². The first-order valence-electron chi connectivity index (χ1n) is 14.0. The zero-order valence-electron chi connectivity index (χ0n) is 23.2. The molecule has 2 aromatic carbocycles. The minimum Gasteiger partial charge on any atom is -0.481 e. The summed E-state index contributed by atoms with van der Waals surface area (Å²) < 4.78 is 32.5. The Labute approximate surface area is 252 Å². The number of pyridine rings is 1. The van der Waals surface area contributed by atoms with E-state index in [1.165, 1.54) is 0 Å². The van der Waals surface area contributed by atoms with E-state index in [0.717, 1.165) is 16.8 Å². The SMILES string of the molecule is CCC(CN1CCCS1(=O)=O)N1C(=O)[C@H](Cc2cccc(OC)n2)CC(c2cccc(Cl)c2)[C@H]1c1ccc(Cl)cc1. The molecular weight excluding hydrogens is 581 g/mol.